The van der Waals surface area contributed by atoms with Gasteiger partial charge in [-0.25, -0.2) is 0 Å². The molecule has 0 aliphatic heterocycles. The van der Waals surface area contributed by atoms with Crippen LogP contribution in [0.25, 0.3) is 0 Å². The second-order valence-electron chi connectivity index (χ2n) is 5.34. The molecular formula is C17H21N3O3S. The number of hydrogen-bond acceptors (Lipinski definition) is 6. The van der Waals surface area contributed by atoms with Crippen molar-refractivity contribution in [1.82, 2.24) is 9.97 Å². The van der Waals surface area contributed by atoms with E-state index in [9.17, 15) is 4.79 Å². The lowest BCUT2D eigenvalue weighted by Crippen LogP contribution is -2.16. The molecule has 0 unspecified atom stereocenters. The molecule has 128 valence electrons. The molecule has 1 amide bonds. The number of aryl methyl sites for hydroxylation is 3. The fraction of sp³-hybridized carbons (Fsp3) is 0.353. The molecule has 2 rings (SSSR count). The molecule has 6 nitrogen and oxygen atoms in total. The zero-order valence-electron chi connectivity index (χ0n) is 14.5. The van der Waals surface area contributed by atoms with E-state index in [-0.39, 0.29) is 17.6 Å². The summed E-state index contributed by atoms with van der Waals surface area (Å²) < 4.78 is 10.1. The predicted octanol–water partition coefficient (Wildman–Crippen LogP) is 3.15. The number of thioether (sulfide) groups is 1. The Morgan fingerprint density at radius 2 is 1.58 bits per heavy atom. The van der Waals surface area contributed by atoms with Crippen molar-refractivity contribution < 1.29 is 14.3 Å². The lowest BCUT2D eigenvalue weighted by atomic mass is 10.1. The summed E-state index contributed by atoms with van der Waals surface area (Å²) in [4.78, 5) is 21.5. The Bertz CT molecular complexity index is 705. The summed E-state index contributed by atoms with van der Waals surface area (Å²) in [6, 6.07) is 5.77. The van der Waals surface area contributed by atoms with Crippen molar-refractivity contribution in [2.45, 2.75) is 25.7 Å². The number of carbonyl (C=O) groups excluding carboxylic acids is 1. The second-order valence-corrected chi connectivity index (χ2v) is 6.33. The number of hydrogen-bond donors (Lipinski definition) is 1. The molecule has 0 spiro atoms. The van der Waals surface area contributed by atoms with E-state index in [0.717, 1.165) is 4.90 Å². The van der Waals surface area contributed by atoms with Crippen molar-refractivity contribution in [1.29, 1.82) is 0 Å². The highest BCUT2D eigenvalue weighted by Gasteiger charge is 2.11. The fourth-order valence-electron chi connectivity index (χ4n) is 2.36. The summed E-state index contributed by atoms with van der Waals surface area (Å²) in [6.45, 7) is 6.17. The molecule has 0 saturated carbocycles. The average Bonchev–Trinajstić information content (AvgIpc) is 2.53. The Kier molecular flexibility index (Phi) is 6.03. The Hall–Kier alpha value is -2.28. The van der Waals surface area contributed by atoms with Gasteiger partial charge in [0.05, 0.1) is 26.0 Å². The number of benzene rings is 1. The van der Waals surface area contributed by atoms with Crippen molar-refractivity contribution in [3.63, 3.8) is 0 Å². The average molecular weight is 347 g/mol. The maximum atomic E-state index is 12.2. The first-order valence-electron chi connectivity index (χ1n) is 7.40. The molecule has 0 atom stereocenters. The third-order valence-electron chi connectivity index (χ3n) is 3.30. The van der Waals surface area contributed by atoms with Crippen molar-refractivity contribution >= 4 is 23.6 Å². The van der Waals surface area contributed by atoms with E-state index in [1.165, 1.54) is 42.7 Å². The first-order chi connectivity index (χ1) is 11.4. The smallest absolute Gasteiger partial charge is 0.237 e. The van der Waals surface area contributed by atoms with Crippen LogP contribution in [0.15, 0.2) is 23.1 Å². The summed E-state index contributed by atoms with van der Waals surface area (Å²) in [7, 11) is 2.98. The van der Waals surface area contributed by atoms with Gasteiger partial charge in [-0.1, -0.05) is 17.7 Å². The van der Waals surface area contributed by atoms with Gasteiger partial charge in [-0.05, 0) is 31.9 Å². The SMILES string of the molecule is COc1cc(OC)nc(NC(=O)CSc2c(C)cc(C)cc2C)n1. The van der Waals surface area contributed by atoms with Crippen molar-refractivity contribution in [2.75, 3.05) is 25.3 Å². The Balaban J connectivity index is 2.04. The number of anilines is 1. The van der Waals surface area contributed by atoms with Gasteiger partial charge in [-0.15, -0.1) is 11.8 Å². The zero-order valence-corrected chi connectivity index (χ0v) is 15.3. The van der Waals surface area contributed by atoms with Gasteiger partial charge in [0, 0.05) is 4.90 Å². The molecule has 0 bridgehead atoms. The third-order valence-corrected chi connectivity index (χ3v) is 4.64. The van der Waals surface area contributed by atoms with E-state index in [1.54, 1.807) is 6.07 Å². The van der Waals surface area contributed by atoms with Gasteiger partial charge in [0.2, 0.25) is 23.6 Å². The van der Waals surface area contributed by atoms with Gasteiger partial charge in [0.15, 0.2) is 0 Å². The number of amides is 1. The van der Waals surface area contributed by atoms with Crippen molar-refractivity contribution in [3.05, 3.63) is 34.9 Å². The van der Waals surface area contributed by atoms with E-state index in [4.69, 9.17) is 9.47 Å². The molecule has 0 fully saturated rings. The second kappa shape index (κ2) is 8.01. The molecule has 24 heavy (non-hydrogen) atoms. The van der Waals surface area contributed by atoms with Crippen molar-refractivity contribution in [3.8, 4) is 11.8 Å². The monoisotopic (exact) mass is 347 g/mol. The number of methoxy groups -OCH3 is 2. The van der Waals surface area contributed by atoms with Gasteiger partial charge in [0.25, 0.3) is 0 Å². The van der Waals surface area contributed by atoms with Crippen LogP contribution in [0.3, 0.4) is 0 Å². The van der Waals surface area contributed by atoms with Gasteiger partial charge in [-0.3, -0.25) is 10.1 Å². The van der Waals surface area contributed by atoms with Crippen molar-refractivity contribution in [2.24, 2.45) is 0 Å². The number of rotatable bonds is 6. The molecule has 0 aliphatic rings. The van der Waals surface area contributed by atoms with Crippen LogP contribution in [0.5, 0.6) is 11.8 Å². The topological polar surface area (TPSA) is 73.3 Å². The van der Waals surface area contributed by atoms with E-state index >= 15 is 0 Å². The number of nitrogens with zero attached hydrogens (tertiary/aromatic N) is 2. The van der Waals surface area contributed by atoms with Gasteiger partial charge >= 0.3 is 0 Å². The highest BCUT2D eigenvalue weighted by molar-refractivity contribution is 8.00. The quantitative estimate of drug-likeness (QED) is 0.809. The Labute approximate surface area is 146 Å². The maximum absolute atomic E-state index is 12.2. The minimum absolute atomic E-state index is 0.161. The Morgan fingerprint density at radius 1 is 1.04 bits per heavy atom. The zero-order chi connectivity index (χ0) is 17.7. The summed E-state index contributed by atoms with van der Waals surface area (Å²) in [5.41, 5.74) is 3.56. The van der Waals surface area contributed by atoms with Crippen LogP contribution in [0.1, 0.15) is 16.7 Å². The van der Waals surface area contributed by atoms with Crippen LogP contribution >= 0.6 is 11.8 Å². The molecule has 1 N–H and O–H groups in total. The summed E-state index contributed by atoms with van der Waals surface area (Å²) >= 11 is 1.50. The van der Waals surface area contributed by atoms with Gasteiger partial charge < -0.3 is 9.47 Å². The molecular weight excluding hydrogens is 326 g/mol. The predicted molar refractivity (Wildman–Crippen MR) is 95.1 cm³/mol. The molecule has 0 saturated heterocycles. The standard InChI is InChI=1S/C17H21N3O3S/c1-10-6-11(2)16(12(3)7-10)24-9-13(21)18-17-19-14(22-4)8-15(20-17)23-5/h6-8H,9H2,1-5H3,(H,18,19,20,21). The Morgan fingerprint density at radius 3 is 2.08 bits per heavy atom. The normalized spacial score (nSPS) is 10.4. The van der Waals surface area contributed by atoms with Crippen LogP contribution in [-0.4, -0.2) is 35.8 Å². The number of aromatic nitrogens is 2. The largest absolute Gasteiger partial charge is 0.481 e. The lowest BCUT2D eigenvalue weighted by molar-refractivity contribution is -0.113. The molecule has 0 radical (unpaired) electrons. The van der Waals surface area contributed by atoms with E-state index < -0.39 is 0 Å². The van der Waals surface area contributed by atoms with Crippen LogP contribution in [-0.2, 0) is 4.79 Å². The first kappa shape index (κ1) is 18.1. The van der Waals surface area contributed by atoms with Gasteiger partial charge in [-0.2, -0.15) is 9.97 Å². The summed E-state index contributed by atoms with van der Waals surface area (Å²) in [5.74, 6) is 0.905. The highest BCUT2D eigenvalue weighted by atomic mass is 32.2. The summed E-state index contributed by atoms with van der Waals surface area (Å²) in [5, 5.41) is 2.67. The van der Waals surface area contributed by atoms with E-state index in [0.29, 0.717) is 11.8 Å². The molecule has 7 heteroatoms. The van der Waals surface area contributed by atoms with Gasteiger partial charge in [0.1, 0.15) is 0 Å². The lowest BCUT2D eigenvalue weighted by Gasteiger charge is -2.11. The van der Waals surface area contributed by atoms with Crippen LogP contribution < -0.4 is 14.8 Å². The minimum Gasteiger partial charge on any atom is -0.481 e. The summed E-state index contributed by atoms with van der Waals surface area (Å²) in [6.07, 6.45) is 0. The molecule has 2 aromatic rings. The van der Waals surface area contributed by atoms with Crippen LogP contribution in [0.4, 0.5) is 5.95 Å². The highest BCUT2D eigenvalue weighted by Crippen LogP contribution is 2.27. The van der Waals surface area contributed by atoms with Crippen LogP contribution in [0.2, 0.25) is 0 Å². The van der Waals surface area contributed by atoms with E-state index in [2.05, 4.69) is 48.2 Å². The molecule has 1 aromatic heterocycles. The number of nitrogens with one attached hydrogen (secondary N) is 1. The minimum atomic E-state index is -0.185. The fourth-order valence-corrected chi connectivity index (χ4v) is 3.28. The number of carbonyl (C=O) groups is 1. The number of ether oxygens (including phenoxy) is 2. The maximum Gasteiger partial charge on any atom is 0.237 e. The van der Waals surface area contributed by atoms with Crippen LogP contribution in [0, 0.1) is 20.8 Å². The van der Waals surface area contributed by atoms with E-state index in [1.807, 2.05) is 0 Å². The third kappa shape index (κ3) is 4.61. The molecule has 1 aromatic carbocycles. The first-order valence-corrected chi connectivity index (χ1v) is 8.39. The molecule has 1 heterocycles. The molecule has 0 aliphatic carbocycles.